The van der Waals surface area contributed by atoms with Crippen molar-refractivity contribution in [1.82, 2.24) is 14.8 Å². The molecular formula is C18H24N4O3S. The van der Waals surface area contributed by atoms with Gasteiger partial charge >= 0.3 is 5.97 Å². The minimum atomic E-state index is -0.882. The Labute approximate surface area is 157 Å². The summed E-state index contributed by atoms with van der Waals surface area (Å²) in [6.07, 6.45) is 7.58. The Morgan fingerprint density at radius 1 is 1.35 bits per heavy atom. The highest BCUT2D eigenvalue weighted by Crippen LogP contribution is 2.29. The highest BCUT2D eigenvalue weighted by Gasteiger charge is 2.33. The molecular weight excluding hydrogens is 352 g/mol. The predicted octanol–water partition coefficient (Wildman–Crippen LogP) is 3.10. The molecule has 1 saturated carbocycles. The zero-order valence-corrected chi connectivity index (χ0v) is 16.2. The molecule has 0 aromatic carbocycles. The topological polar surface area (TPSA) is 77.3 Å². The number of amides is 1. The lowest BCUT2D eigenvalue weighted by Gasteiger charge is -2.33. The summed E-state index contributed by atoms with van der Waals surface area (Å²) in [6, 6.07) is 0.115. The van der Waals surface area contributed by atoms with Crippen molar-refractivity contribution >= 4 is 28.3 Å². The quantitative estimate of drug-likeness (QED) is 0.750. The molecule has 8 heteroatoms. The zero-order chi connectivity index (χ0) is 18.7. The molecule has 1 fully saturated rings. The zero-order valence-electron chi connectivity index (χ0n) is 15.3. The van der Waals surface area contributed by atoms with E-state index in [9.17, 15) is 9.59 Å². The number of nitrogens with zero attached hydrogens (tertiary/aromatic N) is 4. The molecule has 2 aromatic heterocycles. The van der Waals surface area contributed by atoms with Gasteiger partial charge in [-0.25, -0.2) is 9.78 Å². The van der Waals surface area contributed by atoms with E-state index in [4.69, 9.17) is 4.74 Å². The summed E-state index contributed by atoms with van der Waals surface area (Å²) < 4.78 is 7.06. The van der Waals surface area contributed by atoms with Crippen molar-refractivity contribution in [3.63, 3.8) is 0 Å². The van der Waals surface area contributed by atoms with Crippen LogP contribution < -0.4 is 4.90 Å². The largest absolute Gasteiger partial charge is 0.449 e. The number of anilines is 1. The molecule has 0 saturated heterocycles. The Balaban J connectivity index is 1.75. The third kappa shape index (κ3) is 3.80. The summed E-state index contributed by atoms with van der Waals surface area (Å²) in [5.74, 6) is -0.749. The number of esters is 1. The number of ether oxygens (including phenoxy) is 1. The smallest absolute Gasteiger partial charge is 0.342 e. The van der Waals surface area contributed by atoms with E-state index in [0.29, 0.717) is 16.4 Å². The number of hydrogen-bond acceptors (Lipinski definition) is 6. The maximum Gasteiger partial charge on any atom is 0.342 e. The normalized spacial score (nSPS) is 16.3. The van der Waals surface area contributed by atoms with E-state index in [0.717, 1.165) is 25.7 Å². The first-order valence-corrected chi connectivity index (χ1v) is 9.79. The molecule has 1 aliphatic rings. The van der Waals surface area contributed by atoms with Crippen molar-refractivity contribution in [2.45, 2.75) is 58.1 Å². The summed E-state index contributed by atoms with van der Waals surface area (Å²) in [5.41, 5.74) is 1.09. The standard InChI is InChI=1S/C18H24N4O3S/c1-12-15(11-20-21(12)3)17(24)25-13(2)16(23)22(18-19-9-10-26-18)14-7-5-4-6-8-14/h9-11,13-14H,4-8H2,1-3H3/t13-/m1/s1. The van der Waals surface area contributed by atoms with E-state index in [1.807, 2.05) is 5.38 Å². The van der Waals surface area contributed by atoms with Gasteiger partial charge in [-0.15, -0.1) is 11.3 Å². The average Bonchev–Trinajstić information content (AvgIpc) is 3.27. The molecule has 2 heterocycles. The average molecular weight is 376 g/mol. The van der Waals surface area contributed by atoms with Crippen molar-refractivity contribution in [3.05, 3.63) is 29.0 Å². The van der Waals surface area contributed by atoms with Gasteiger partial charge in [0.2, 0.25) is 0 Å². The number of thiazole rings is 1. The number of aryl methyl sites for hydroxylation is 1. The van der Waals surface area contributed by atoms with Crippen LogP contribution in [0.2, 0.25) is 0 Å². The fourth-order valence-electron chi connectivity index (χ4n) is 3.27. The fourth-order valence-corrected chi connectivity index (χ4v) is 3.99. The molecule has 140 valence electrons. The van der Waals surface area contributed by atoms with Gasteiger partial charge in [-0.1, -0.05) is 19.3 Å². The Kier molecular flexibility index (Phi) is 5.70. The number of hydrogen-bond donors (Lipinski definition) is 0. The summed E-state index contributed by atoms with van der Waals surface area (Å²) in [5, 5.41) is 6.57. The van der Waals surface area contributed by atoms with Gasteiger partial charge < -0.3 is 4.74 Å². The third-order valence-corrected chi connectivity index (χ3v) is 5.66. The third-order valence-electron chi connectivity index (χ3n) is 4.89. The van der Waals surface area contributed by atoms with Crippen molar-refractivity contribution in [2.75, 3.05) is 4.90 Å². The SMILES string of the molecule is Cc1c(C(=O)O[C@H](C)C(=O)N(c2nccs2)C2CCCCC2)cnn1C. The van der Waals surface area contributed by atoms with Crippen LogP contribution in [0.4, 0.5) is 5.13 Å². The Hall–Kier alpha value is -2.22. The van der Waals surface area contributed by atoms with E-state index in [-0.39, 0.29) is 11.9 Å². The van der Waals surface area contributed by atoms with Crippen LogP contribution in [-0.4, -0.2) is 38.8 Å². The molecule has 2 aromatic rings. The molecule has 0 radical (unpaired) electrons. The Morgan fingerprint density at radius 3 is 2.65 bits per heavy atom. The lowest BCUT2D eigenvalue weighted by molar-refractivity contribution is -0.127. The monoisotopic (exact) mass is 376 g/mol. The van der Waals surface area contributed by atoms with Gasteiger partial charge in [-0.2, -0.15) is 5.10 Å². The highest BCUT2D eigenvalue weighted by atomic mass is 32.1. The van der Waals surface area contributed by atoms with E-state index in [2.05, 4.69) is 10.1 Å². The van der Waals surface area contributed by atoms with Gasteiger partial charge in [0.15, 0.2) is 11.2 Å². The summed E-state index contributed by atoms with van der Waals surface area (Å²) >= 11 is 1.43. The second kappa shape index (κ2) is 7.99. The second-order valence-corrected chi connectivity index (χ2v) is 7.50. The molecule has 0 N–H and O–H groups in total. The van der Waals surface area contributed by atoms with Gasteiger partial charge in [-0.05, 0) is 26.7 Å². The molecule has 0 spiro atoms. The molecule has 26 heavy (non-hydrogen) atoms. The highest BCUT2D eigenvalue weighted by molar-refractivity contribution is 7.13. The molecule has 0 aliphatic heterocycles. The number of carbonyl (C=O) groups is 2. The fraction of sp³-hybridized carbons (Fsp3) is 0.556. The van der Waals surface area contributed by atoms with Crippen LogP contribution in [0.3, 0.4) is 0 Å². The van der Waals surface area contributed by atoms with Crippen molar-refractivity contribution in [3.8, 4) is 0 Å². The Morgan fingerprint density at radius 2 is 2.08 bits per heavy atom. The van der Waals surface area contributed by atoms with Gasteiger partial charge in [0.1, 0.15) is 5.56 Å². The van der Waals surface area contributed by atoms with Crippen LogP contribution >= 0.6 is 11.3 Å². The van der Waals surface area contributed by atoms with Crippen LogP contribution in [0.15, 0.2) is 17.8 Å². The number of aromatic nitrogens is 3. The second-order valence-electron chi connectivity index (χ2n) is 6.63. The first kappa shape index (κ1) is 18.6. The van der Waals surface area contributed by atoms with E-state index in [1.165, 1.54) is 24.0 Å². The van der Waals surface area contributed by atoms with Gasteiger partial charge in [-0.3, -0.25) is 14.4 Å². The first-order valence-electron chi connectivity index (χ1n) is 8.91. The first-order chi connectivity index (χ1) is 12.5. The molecule has 7 nitrogen and oxygen atoms in total. The molecule has 1 atom stereocenters. The maximum atomic E-state index is 13.1. The summed E-state index contributed by atoms with van der Waals surface area (Å²) in [4.78, 5) is 31.6. The minimum absolute atomic E-state index is 0.115. The molecule has 0 bridgehead atoms. The van der Waals surface area contributed by atoms with Crippen LogP contribution in [0, 0.1) is 6.92 Å². The van der Waals surface area contributed by atoms with Crippen molar-refractivity contribution in [2.24, 2.45) is 7.05 Å². The lowest BCUT2D eigenvalue weighted by atomic mass is 9.94. The maximum absolute atomic E-state index is 13.1. The van der Waals surface area contributed by atoms with Gasteiger partial charge in [0.25, 0.3) is 5.91 Å². The molecule has 1 aliphatic carbocycles. The van der Waals surface area contributed by atoms with Crippen LogP contribution in [0.1, 0.15) is 55.1 Å². The van der Waals surface area contributed by atoms with Gasteiger partial charge in [0.05, 0.1) is 6.20 Å². The molecule has 3 rings (SSSR count). The van der Waals surface area contributed by atoms with Gasteiger partial charge in [0, 0.05) is 30.4 Å². The van der Waals surface area contributed by atoms with Crippen molar-refractivity contribution in [1.29, 1.82) is 0 Å². The predicted molar refractivity (Wildman–Crippen MR) is 99.3 cm³/mol. The van der Waals surface area contributed by atoms with Crippen molar-refractivity contribution < 1.29 is 14.3 Å². The van der Waals surface area contributed by atoms with E-state index < -0.39 is 12.1 Å². The molecule has 1 amide bonds. The number of carbonyl (C=O) groups excluding carboxylic acids is 2. The lowest BCUT2D eigenvalue weighted by Crippen LogP contribution is -2.47. The number of rotatable bonds is 5. The summed E-state index contributed by atoms with van der Waals surface area (Å²) in [6.45, 7) is 3.41. The van der Waals surface area contributed by atoms with E-state index >= 15 is 0 Å². The van der Waals surface area contributed by atoms with Crippen LogP contribution in [-0.2, 0) is 16.6 Å². The van der Waals surface area contributed by atoms with Crippen LogP contribution in [0.25, 0.3) is 0 Å². The molecule has 0 unspecified atom stereocenters. The van der Waals surface area contributed by atoms with E-state index in [1.54, 1.807) is 36.7 Å². The minimum Gasteiger partial charge on any atom is -0.449 e. The van der Waals surface area contributed by atoms with Crippen LogP contribution in [0.5, 0.6) is 0 Å². The Bertz CT molecular complexity index is 766. The summed E-state index contributed by atoms with van der Waals surface area (Å²) in [7, 11) is 1.76.